The van der Waals surface area contributed by atoms with Gasteiger partial charge in [0.2, 0.25) is 0 Å². The van der Waals surface area contributed by atoms with Crippen LogP contribution in [0.5, 0.6) is 5.75 Å². The maximum Gasteiger partial charge on any atom is 0.326 e. The first-order valence-corrected chi connectivity index (χ1v) is 15.1. The van der Waals surface area contributed by atoms with Gasteiger partial charge in [0.1, 0.15) is 17.1 Å². The molecule has 0 unspecified atom stereocenters. The fourth-order valence-electron chi connectivity index (χ4n) is 6.22. The van der Waals surface area contributed by atoms with Crippen LogP contribution in [-0.4, -0.2) is 29.7 Å². The smallest absolute Gasteiger partial charge is 0.326 e. The van der Waals surface area contributed by atoms with E-state index >= 15 is 0 Å². The molecule has 1 aliphatic carbocycles. The van der Waals surface area contributed by atoms with Gasteiger partial charge >= 0.3 is 6.03 Å². The fourth-order valence-corrected chi connectivity index (χ4v) is 6.22. The fraction of sp³-hybridized carbons (Fsp3) is 0.400. The van der Waals surface area contributed by atoms with E-state index in [-0.39, 0.29) is 23.4 Å². The van der Waals surface area contributed by atoms with Crippen LogP contribution in [0.1, 0.15) is 82.8 Å². The summed E-state index contributed by atoms with van der Waals surface area (Å²) in [4.78, 5) is 37.7. The minimum atomic E-state index is -0.341. The van der Waals surface area contributed by atoms with Gasteiger partial charge in [-0.25, -0.2) is 9.78 Å². The normalized spacial score (nSPS) is 14.0. The Bertz CT molecular complexity index is 1590. The first-order valence-electron chi connectivity index (χ1n) is 15.1. The van der Waals surface area contributed by atoms with Crippen molar-refractivity contribution in [1.82, 2.24) is 9.97 Å². The molecule has 1 aliphatic rings. The van der Waals surface area contributed by atoms with Gasteiger partial charge in [0, 0.05) is 29.4 Å². The quantitative estimate of drug-likeness (QED) is 0.224. The second-order valence-electron chi connectivity index (χ2n) is 12.0. The first-order chi connectivity index (χ1) is 20.3. The van der Waals surface area contributed by atoms with Crippen LogP contribution in [0.2, 0.25) is 0 Å². The number of para-hydroxylation sites is 1. The number of hydrogen-bond acceptors (Lipinski definition) is 4. The van der Waals surface area contributed by atoms with Crippen molar-refractivity contribution < 1.29 is 9.53 Å². The summed E-state index contributed by atoms with van der Waals surface area (Å²) < 4.78 is 5.54. The standard InChI is InChI=1S/C35H42N4O3/c1-22(2)27-16-10-17-28(23(3)4)31(27)37-35(41)39(21-24-12-7-6-8-13-24)32-30(25-14-9-15-26(20-25)42-5)29-18-11-19-36-33(29)38-34(32)40/h9-11,14-20,22-24H,6-8,12-13,21H2,1-5H3,(H,37,41)(H,36,38,40). The highest BCUT2D eigenvalue weighted by Crippen LogP contribution is 2.38. The van der Waals surface area contributed by atoms with Crippen LogP contribution < -0.4 is 20.5 Å². The van der Waals surface area contributed by atoms with Crippen LogP contribution >= 0.6 is 0 Å². The van der Waals surface area contributed by atoms with E-state index in [1.807, 2.05) is 36.4 Å². The van der Waals surface area contributed by atoms with Crippen LogP contribution in [0.25, 0.3) is 22.2 Å². The molecule has 2 N–H and O–H groups in total. The molecule has 0 atom stereocenters. The monoisotopic (exact) mass is 566 g/mol. The number of benzene rings is 2. The zero-order chi connectivity index (χ0) is 29.8. The molecule has 4 aromatic rings. The van der Waals surface area contributed by atoms with Crippen LogP contribution in [0, 0.1) is 5.92 Å². The van der Waals surface area contributed by atoms with E-state index in [1.165, 1.54) is 6.42 Å². The van der Waals surface area contributed by atoms with E-state index < -0.39 is 0 Å². The molecule has 220 valence electrons. The lowest BCUT2D eigenvalue weighted by atomic mass is 9.88. The Morgan fingerprint density at radius 2 is 1.69 bits per heavy atom. The number of amides is 2. The summed E-state index contributed by atoms with van der Waals surface area (Å²) in [6.45, 7) is 9.00. The number of nitrogens with one attached hydrogen (secondary N) is 2. The first kappa shape index (κ1) is 29.4. The molecule has 5 rings (SSSR count). The molecule has 2 aromatic heterocycles. The number of fused-ring (bicyclic) bond motifs is 1. The van der Waals surface area contributed by atoms with Crippen molar-refractivity contribution in [1.29, 1.82) is 0 Å². The minimum absolute atomic E-state index is 0.216. The summed E-state index contributed by atoms with van der Waals surface area (Å²) in [6, 6.07) is 17.4. The molecule has 0 saturated heterocycles. The highest BCUT2D eigenvalue weighted by molar-refractivity contribution is 6.09. The van der Waals surface area contributed by atoms with Crippen molar-refractivity contribution in [3.05, 3.63) is 82.3 Å². The number of H-pyrrole nitrogens is 1. The lowest BCUT2D eigenvalue weighted by Crippen LogP contribution is -2.42. The number of carbonyl (C=O) groups is 1. The second kappa shape index (κ2) is 12.8. The Kier molecular flexibility index (Phi) is 8.95. The van der Waals surface area contributed by atoms with Gasteiger partial charge in [-0.05, 0) is 71.6 Å². The van der Waals surface area contributed by atoms with Crippen molar-refractivity contribution in [2.24, 2.45) is 5.92 Å². The maximum atomic E-state index is 14.6. The van der Waals surface area contributed by atoms with E-state index in [0.29, 0.717) is 35.1 Å². The molecule has 7 nitrogen and oxygen atoms in total. The van der Waals surface area contributed by atoms with Crippen molar-refractivity contribution >= 4 is 28.4 Å². The van der Waals surface area contributed by atoms with Gasteiger partial charge in [0.15, 0.2) is 0 Å². The summed E-state index contributed by atoms with van der Waals surface area (Å²) in [6.07, 6.45) is 7.20. The molecule has 7 heteroatoms. The predicted molar refractivity (Wildman–Crippen MR) is 172 cm³/mol. The van der Waals surface area contributed by atoms with Crippen LogP contribution in [-0.2, 0) is 0 Å². The SMILES string of the molecule is COc1cccc(-c2c(N(CC3CCCCC3)C(=O)Nc3c(C(C)C)cccc3C(C)C)c(=O)[nH]c3ncccc23)c1. The molecular weight excluding hydrogens is 524 g/mol. The van der Waals surface area contributed by atoms with Crippen molar-refractivity contribution in [2.75, 3.05) is 23.9 Å². The molecule has 0 bridgehead atoms. The number of aromatic amines is 1. The lowest BCUT2D eigenvalue weighted by molar-refractivity contribution is 0.254. The predicted octanol–water partition coefficient (Wildman–Crippen LogP) is 8.46. The number of rotatable bonds is 8. The van der Waals surface area contributed by atoms with Gasteiger partial charge in [-0.15, -0.1) is 0 Å². The average Bonchev–Trinajstić information content (AvgIpc) is 2.99. The number of aromatic nitrogens is 2. The largest absolute Gasteiger partial charge is 0.497 e. The number of methoxy groups -OCH3 is 1. The molecule has 42 heavy (non-hydrogen) atoms. The van der Waals surface area contributed by atoms with Gasteiger partial charge < -0.3 is 15.0 Å². The average molecular weight is 567 g/mol. The summed E-state index contributed by atoms with van der Waals surface area (Å²) in [7, 11) is 1.62. The van der Waals surface area contributed by atoms with Gasteiger partial charge in [-0.1, -0.05) is 77.3 Å². The third-order valence-electron chi connectivity index (χ3n) is 8.40. The molecule has 1 saturated carbocycles. The van der Waals surface area contributed by atoms with Gasteiger partial charge in [-0.3, -0.25) is 9.69 Å². The summed E-state index contributed by atoms with van der Waals surface area (Å²) in [5.41, 5.74) is 4.94. The summed E-state index contributed by atoms with van der Waals surface area (Å²) in [5, 5.41) is 4.07. The Hall–Kier alpha value is -4.13. The minimum Gasteiger partial charge on any atom is -0.497 e. The summed E-state index contributed by atoms with van der Waals surface area (Å²) >= 11 is 0. The third kappa shape index (κ3) is 6.06. The summed E-state index contributed by atoms with van der Waals surface area (Å²) in [5.74, 6) is 1.41. The van der Waals surface area contributed by atoms with Crippen LogP contribution in [0.3, 0.4) is 0 Å². The molecule has 0 radical (unpaired) electrons. The highest BCUT2D eigenvalue weighted by Gasteiger charge is 2.30. The number of carbonyl (C=O) groups excluding carboxylic acids is 1. The molecular formula is C35H42N4O3. The van der Waals surface area contributed by atoms with Crippen LogP contribution in [0.4, 0.5) is 16.2 Å². The van der Waals surface area contributed by atoms with E-state index in [0.717, 1.165) is 53.4 Å². The van der Waals surface area contributed by atoms with Gasteiger partial charge in [0.05, 0.1) is 7.11 Å². The third-order valence-corrected chi connectivity index (χ3v) is 8.40. The molecule has 2 heterocycles. The van der Waals surface area contributed by atoms with Crippen molar-refractivity contribution in [3.63, 3.8) is 0 Å². The Labute approximate surface area is 248 Å². The Morgan fingerprint density at radius 1 is 1.00 bits per heavy atom. The van der Waals surface area contributed by atoms with Crippen molar-refractivity contribution in [2.45, 2.75) is 71.6 Å². The number of pyridine rings is 2. The van der Waals surface area contributed by atoms with E-state index in [4.69, 9.17) is 4.74 Å². The van der Waals surface area contributed by atoms with E-state index in [2.05, 4.69) is 61.2 Å². The molecule has 0 aliphatic heterocycles. The Balaban J connectivity index is 1.72. The van der Waals surface area contributed by atoms with Crippen LogP contribution in [0.15, 0.2) is 65.6 Å². The van der Waals surface area contributed by atoms with E-state index in [1.54, 1.807) is 18.2 Å². The molecule has 1 fully saturated rings. The molecule has 0 spiro atoms. The Morgan fingerprint density at radius 3 is 2.36 bits per heavy atom. The van der Waals surface area contributed by atoms with E-state index in [9.17, 15) is 9.59 Å². The van der Waals surface area contributed by atoms with Gasteiger partial charge in [-0.2, -0.15) is 0 Å². The van der Waals surface area contributed by atoms with Gasteiger partial charge in [0.25, 0.3) is 5.56 Å². The molecule has 2 amide bonds. The zero-order valence-electron chi connectivity index (χ0n) is 25.4. The maximum absolute atomic E-state index is 14.6. The zero-order valence-corrected chi connectivity index (χ0v) is 25.4. The lowest BCUT2D eigenvalue weighted by Gasteiger charge is -2.32. The number of anilines is 2. The number of hydrogen-bond donors (Lipinski definition) is 2. The topological polar surface area (TPSA) is 87.3 Å². The molecule has 2 aromatic carbocycles. The second-order valence-corrected chi connectivity index (χ2v) is 12.0. The van der Waals surface area contributed by atoms with Crippen molar-refractivity contribution in [3.8, 4) is 16.9 Å². The number of ether oxygens (including phenoxy) is 1. The number of nitrogens with zero attached hydrogens (tertiary/aromatic N) is 2. The highest BCUT2D eigenvalue weighted by atomic mass is 16.5. The number of urea groups is 1.